The Morgan fingerprint density at radius 1 is 1.22 bits per heavy atom. The van der Waals surface area contributed by atoms with E-state index in [4.69, 9.17) is 11.6 Å². The Kier molecular flexibility index (Phi) is 4.53. The van der Waals surface area contributed by atoms with Gasteiger partial charge >= 0.3 is 0 Å². The number of imidazole rings is 1. The number of carbonyl (C=O) groups excluding carboxylic acids is 1. The molecule has 0 saturated carbocycles. The number of benzene rings is 2. The molecule has 0 unspecified atom stereocenters. The van der Waals surface area contributed by atoms with Crippen LogP contribution in [0.3, 0.4) is 0 Å². The fourth-order valence-corrected chi connectivity index (χ4v) is 3.68. The second-order valence-electron chi connectivity index (χ2n) is 6.63. The average molecular weight is 385 g/mol. The molecular weight excluding hydrogens is 368 g/mol. The maximum Gasteiger partial charge on any atom is 0.270 e. The minimum Gasteiger partial charge on any atom is -0.342 e. The number of para-hydroxylation sites is 2. The summed E-state index contributed by atoms with van der Waals surface area (Å²) in [6.07, 6.45) is 1.55. The van der Waals surface area contributed by atoms with E-state index >= 15 is 0 Å². The number of fused-ring (bicyclic) bond motifs is 1. The van der Waals surface area contributed by atoms with Crippen LogP contribution in [0.2, 0.25) is 5.02 Å². The van der Waals surface area contributed by atoms with Crippen molar-refractivity contribution in [2.45, 2.75) is 18.8 Å². The smallest absolute Gasteiger partial charge is 0.270 e. The molecule has 1 N–H and O–H groups in total. The van der Waals surface area contributed by atoms with Gasteiger partial charge in [-0.05, 0) is 31.0 Å². The van der Waals surface area contributed by atoms with Gasteiger partial charge in [0.15, 0.2) is 0 Å². The standard InChI is InChI=1S/C19H17ClN4O3/c20-15-6-5-13(24(26)27)11-14(15)19(25)23-9-7-12(8-10-23)18-21-16-3-1-2-4-17(16)22-18/h1-6,11-12H,7-10H2,(H,21,22). The second kappa shape index (κ2) is 7.00. The quantitative estimate of drug-likeness (QED) is 0.542. The first kappa shape index (κ1) is 17.5. The van der Waals surface area contributed by atoms with Gasteiger partial charge in [-0.1, -0.05) is 23.7 Å². The molecule has 1 amide bonds. The molecule has 0 spiro atoms. The highest BCUT2D eigenvalue weighted by atomic mass is 35.5. The lowest BCUT2D eigenvalue weighted by Gasteiger charge is -2.31. The summed E-state index contributed by atoms with van der Waals surface area (Å²) >= 11 is 6.10. The molecule has 3 aromatic rings. The number of aromatic nitrogens is 2. The van der Waals surface area contributed by atoms with Crippen LogP contribution < -0.4 is 0 Å². The van der Waals surface area contributed by atoms with Crippen LogP contribution in [0.15, 0.2) is 42.5 Å². The molecule has 0 aliphatic carbocycles. The van der Waals surface area contributed by atoms with Gasteiger partial charge in [0.2, 0.25) is 0 Å². The first-order valence-corrected chi connectivity index (χ1v) is 9.08. The maximum absolute atomic E-state index is 12.8. The third kappa shape index (κ3) is 3.38. The molecule has 2 aromatic carbocycles. The van der Waals surface area contributed by atoms with E-state index in [0.29, 0.717) is 13.1 Å². The lowest BCUT2D eigenvalue weighted by Crippen LogP contribution is -2.38. The summed E-state index contributed by atoms with van der Waals surface area (Å²) < 4.78 is 0. The molecular formula is C19H17ClN4O3. The molecule has 138 valence electrons. The number of non-ortho nitro benzene ring substituents is 1. The third-order valence-electron chi connectivity index (χ3n) is 4.97. The number of halogens is 1. The molecule has 1 aliphatic heterocycles. The van der Waals surface area contributed by atoms with Crippen molar-refractivity contribution in [1.29, 1.82) is 0 Å². The van der Waals surface area contributed by atoms with Crippen LogP contribution in [0.25, 0.3) is 11.0 Å². The van der Waals surface area contributed by atoms with Crippen molar-refractivity contribution >= 4 is 34.2 Å². The van der Waals surface area contributed by atoms with Crippen molar-refractivity contribution in [3.63, 3.8) is 0 Å². The first-order valence-electron chi connectivity index (χ1n) is 8.71. The third-order valence-corrected chi connectivity index (χ3v) is 5.30. The van der Waals surface area contributed by atoms with Crippen LogP contribution in [0.4, 0.5) is 5.69 Å². The molecule has 0 radical (unpaired) electrons. The Morgan fingerprint density at radius 2 is 1.96 bits per heavy atom. The highest BCUT2D eigenvalue weighted by molar-refractivity contribution is 6.33. The number of nitro benzene ring substituents is 1. The summed E-state index contributed by atoms with van der Waals surface area (Å²) in [5.74, 6) is 0.922. The van der Waals surface area contributed by atoms with Gasteiger partial charge in [0.25, 0.3) is 11.6 Å². The SMILES string of the molecule is O=C(c1cc([N+](=O)[O-])ccc1Cl)N1CCC(c2nc3ccccc3[nH]2)CC1. The van der Waals surface area contributed by atoms with Crippen LogP contribution in [0.5, 0.6) is 0 Å². The Labute approximate surface area is 160 Å². The van der Waals surface area contributed by atoms with Gasteiger partial charge in [-0.3, -0.25) is 14.9 Å². The Hall–Kier alpha value is -2.93. The summed E-state index contributed by atoms with van der Waals surface area (Å²) in [5, 5.41) is 11.2. The van der Waals surface area contributed by atoms with Gasteiger partial charge in [0.1, 0.15) is 5.82 Å². The Balaban J connectivity index is 1.48. The number of hydrogen-bond donors (Lipinski definition) is 1. The molecule has 1 aromatic heterocycles. The summed E-state index contributed by atoms with van der Waals surface area (Å²) in [4.78, 5) is 32.9. The van der Waals surface area contributed by atoms with E-state index in [-0.39, 0.29) is 28.1 Å². The zero-order valence-electron chi connectivity index (χ0n) is 14.4. The van der Waals surface area contributed by atoms with Gasteiger partial charge in [-0.25, -0.2) is 4.98 Å². The topological polar surface area (TPSA) is 92.1 Å². The van der Waals surface area contributed by atoms with Crippen molar-refractivity contribution in [3.8, 4) is 0 Å². The van der Waals surface area contributed by atoms with Gasteiger partial charge in [-0.2, -0.15) is 0 Å². The molecule has 1 fully saturated rings. The van der Waals surface area contributed by atoms with Crippen LogP contribution in [0, 0.1) is 10.1 Å². The van der Waals surface area contributed by atoms with Gasteiger partial charge < -0.3 is 9.88 Å². The number of hydrogen-bond acceptors (Lipinski definition) is 4. The molecule has 4 rings (SSSR count). The number of H-pyrrole nitrogens is 1. The predicted molar refractivity (Wildman–Crippen MR) is 102 cm³/mol. The normalized spacial score (nSPS) is 15.2. The van der Waals surface area contributed by atoms with E-state index in [9.17, 15) is 14.9 Å². The van der Waals surface area contributed by atoms with E-state index in [1.165, 1.54) is 18.2 Å². The molecule has 1 saturated heterocycles. The van der Waals surface area contributed by atoms with Crippen LogP contribution in [-0.4, -0.2) is 38.8 Å². The molecule has 0 atom stereocenters. The molecule has 8 heteroatoms. The zero-order chi connectivity index (χ0) is 19.0. The van der Waals surface area contributed by atoms with E-state index < -0.39 is 4.92 Å². The van der Waals surface area contributed by atoms with Crippen molar-refractivity contribution in [3.05, 3.63) is 69.0 Å². The largest absolute Gasteiger partial charge is 0.342 e. The van der Waals surface area contributed by atoms with Crippen LogP contribution >= 0.6 is 11.6 Å². The minimum absolute atomic E-state index is 0.139. The first-order chi connectivity index (χ1) is 13.0. The summed E-state index contributed by atoms with van der Waals surface area (Å²) in [5.41, 5.74) is 1.98. The Bertz CT molecular complexity index is 992. The summed E-state index contributed by atoms with van der Waals surface area (Å²) in [6.45, 7) is 1.11. The number of nitrogens with zero attached hydrogens (tertiary/aromatic N) is 3. The van der Waals surface area contributed by atoms with E-state index in [2.05, 4.69) is 9.97 Å². The van der Waals surface area contributed by atoms with E-state index in [1.807, 2.05) is 24.3 Å². The fourth-order valence-electron chi connectivity index (χ4n) is 3.48. The highest BCUT2D eigenvalue weighted by Crippen LogP contribution is 2.30. The van der Waals surface area contributed by atoms with Crippen LogP contribution in [0.1, 0.15) is 34.9 Å². The number of piperidine rings is 1. The Morgan fingerprint density at radius 3 is 2.67 bits per heavy atom. The number of nitrogens with one attached hydrogen (secondary N) is 1. The number of aromatic amines is 1. The van der Waals surface area contributed by atoms with Crippen molar-refractivity contribution in [1.82, 2.24) is 14.9 Å². The van der Waals surface area contributed by atoms with Crippen LogP contribution in [-0.2, 0) is 0 Å². The highest BCUT2D eigenvalue weighted by Gasteiger charge is 2.28. The summed E-state index contributed by atoms with van der Waals surface area (Å²) in [7, 11) is 0. The van der Waals surface area contributed by atoms with Gasteiger partial charge in [0.05, 0.1) is 26.5 Å². The van der Waals surface area contributed by atoms with E-state index in [1.54, 1.807) is 4.90 Å². The molecule has 2 heterocycles. The number of likely N-dealkylation sites (tertiary alicyclic amines) is 1. The van der Waals surface area contributed by atoms with Crippen molar-refractivity contribution in [2.24, 2.45) is 0 Å². The zero-order valence-corrected chi connectivity index (χ0v) is 15.1. The average Bonchev–Trinajstić information content (AvgIpc) is 3.12. The minimum atomic E-state index is -0.527. The fraction of sp³-hybridized carbons (Fsp3) is 0.263. The number of nitro groups is 1. The number of rotatable bonds is 3. The van der Waals surface area contributed by atoms with Gasteiger partial charge in [0, 0.05) is 31.1 Å². The van der Waals surface area contributed by atoms with Crippen molar-refractivity contribution < 1.29 is 9.72 Å². The second-order valence-corrected chi connectivity index (χ2v) is 7.03. The lowest BCUT2D eigenvalue weighted by molar-refractivity contribution is -0.384. The molecule has 1 aliphatic rings. The monoisotopic (exact) mass is 384 g/mol. The summed E-state index contributed by atoms with van der Waals surface area (Å²) in [6, 6.07) is 11.8. The van der Waals surface area contributed by atoms with E-state index in [0.717, 1.165) is 29.7 Å². The molecule has 27 heavy (non-hydrogen) atoms. The predicted octanol–water partition coefficient (Wildman–Crippen LogP) is 4.14. The lowest BCUT2D eigenvalue weighted by atomic mass is 9.95. The number of carbonyl (C=O) groups is 1. The number of amides is 1. The van der Waals surface area contributed by atoms with Gasteiger partial charge in [-0.15, -0.1) is 0 Å². The maximum atomic E-state index is 12.8. The van der Waals surface area contributed by atoms with Crippen molar-refractivity contribution in [2.75, 3.05) is 13.1 Å². The molecule has 7 nitrogen and oxygen atoms in total. The molecule has 0 bridgehead atoms.